The van der Waals surface area contributed by atoms with Gasteiger partial charge >= 0.3 is 0 Å². The Morgan fingerprint density at radius 3 is 1.68 bits per heavy atom. The number of aromatic nitrogens is 3. The normalized spacial score (nSPS) is 13.1. The summed E-state index contributed by atoms with van der Waals surface area (Å²) in [6.45, 7) is 4.71. The Labute approximate surface area is 274 Å². The molecule has 0 aliphatic heterocycles. The molecule has 0 fully saturated rings. The summed E-state index contributed by atoms with van der Waals surface area (Å²) in [5.41, 5.74) is 10.5. The van der Waals surface area contributed by atoms with Gasteiger partial charge in [-0.05, 0) is 67.1 Å². The Kier molecular flexibility index (Phi) is 6.16. The zero-order valence-electron chi connectivity index (χ0n) is 26.3. The van der Waals surface area contributed by atoms with Crippen LogP contribution in [0.5, 0.6) is 0 Å². The highest BCUT2D eigenvalue weighted by Crippen LogP contribution is 2.52. The van der Waals surface area contributed by atoms with Gasteiger partial charge in [0.25, 0.3) is 0 Å². The molecule has 222 valence electrons. The van der Waals surface area contributed by atoms with Crippen LogP contribution in [-0.4, -0.2) is 15.0 Å². The molecule has 7 aromatic carbocycles. The van der Waals surface area contributed by atoms with Gasteiger partial charge in [0.05, 0.1) is 0 Å². The van der Waals surface area contributed by atoms with E-state index in [-0.39, 0.29) is 5.41 Å². The first-order valence-electron chi connectivity index (χ1n) is 16.1. The van der Waals surface area contributed by atoms with E-state index in [2.05, 4.69) is 105 Å². The van der Waals surface area contributed by atoms with Crippen LogP contribution in [0.15, 0.2) is 152 Å². The molecule has 0 saturated heterocycles. The van der Waals surface area contributed by atoms with Gasteiger partial charge in [-0.15, -0.1) is 0 Å². The van der Waals surface area contributed by atoms with E-state index < -0.39 is 0 Å². The lowest BCUT2D eigenvalue weighted by Gasteiger charge is -2.23. The van der Waals surface area contributed by atoms with E-state index in [0.717, 1.165) is 16.7 Å². The van der Waals surface area contributed by atoms with E-state index >= 15 is 0 Å². The molecule has 0 spiro atoms. The number of hydrogen-bond acceptors (Lipinski definition) is 3. The van der Waals surface area contributed by atoms with Crippen LogP contribution in [-0.2, 0) is 5.41 Å². The lowest BCUT2D eigenvalue weighted by atomic mass is 9.79. The standard InChI is InChI=1S/C44H31N3/c1-44(2)39-25-23-32(35-19-11-17-28-12-9-10-18-34(28)35)26-38(39)36-24-22-29-20-21-33(27-37(29)40(36)44)43-46-41(30-13-5-3-6-14-30)45-42(47-43)31-15-7-4-8-16-31/h3-27H,1-2H3. The second kappa shape index (κ2) is 10.6. The van der Waals surface area contributed by atoms with Crippen LogP contribution < -0.4 is 0 Å². The fourth-order valence-corrected chi connectivity index (χ4v) is 7.39. The van der Waals surface area contributed by atoms with Gasteiger partial charge in [0.1, 0.15) is 0 Å². The molecule has 1 heterocycles. The quantitative estimate of drug-likeness (QED) is 0.201. The van der Waals surface area contributed by atoms with Crippen molar-refractivity contribution in [2.75, 3.05) is 0 Å². The first-order valence-corrected chi connectivity index (χ1v) is 16.1. The summed E-state index contributed by atoms with van der Waals surface area (Å²) in [7, 11) is 0. The fourth-order valence-electron chi connectivity index (χ4n) is 7.39. The van der Waals surface area contributed by atoms with Crippen LogP contribution >= 0.6 is 0 Å². The summed E-state index contributed by atoms with van der Waals surface area (Å²) in [5, 5.41) is 4.98. The second-order valence-electron chi connectivity index (χ2n) is 12.9. The number of fused-ring (bicyclic) bond motifs is 6. The van der Waals surface area contributed by atoms with Crippen molar-refractivity contribution in [1.29, 1.82) is 0 Å². The van der Waals surface area contributed by atoms with E-state index in [1.165, 1.54) is 54.9 Å². The summed E-state index contributed by atoms with van der Waals surface area (Å²) in [6.07, 6.45) is 0. The van der Waals surface area contributed by atoms with Crippen LogP contribution in [0.4, 0.5) is 0 Å². The van der Waals surface area contributed by atoms with Gasteiger partial charge in [-0.25, -0.2) is 15.0 Å². The monoisotopic (exact) mass is 601 g/mol. The molecule has 0 atom stereocenters. The lowest BCUT2D eigenvalue weighted by Crippen LogP contribution is -2.15. The van der Waals surface area contributed by atoms with Crippen LogP contribution in [0, 0.1) is 0 Å². The maximum atomic E-state index is 5.02. The maximum absolute atomic E-state index is 5.02. The SMILES string of the molecule is CC1(C)c2ccc(-c3cccc4ccccc34)cc2-c2ccc3ccc(-c4nc(-c5ccccc5)nc(-c5ccccc5)n4)cc3c21. The molecule has 0 saturated carbocycles. The molecular weight excluding hydrogens is 571 g/mol. The molecule has 1 aromatic heterocycles. The Bertz CT molecular complexity index is 2420. The number of nitrogens with zero attached hydrogens (tertiary/aromatic N) is 3. The molecule has 3 nitrogen and oxygen atoms in total. The predicted molar refractivity (Wildman–Crippen MR) is 194 cm³/mol. The first kappa shape index (κ1) is 27.4. The number of benzene rings is 7. The van der Waals surface area contributed by atoms with E-state index in [9.17, 15) is 0 Å². The molecule has 47 heavy (non-hydrogen) atoms. The minimum atomic E-state index is -0.177. The fraction of sp³-hybridized carbons (Fsp3) is 0.0682. The zero-order valence-corrected chi connectivity index (χ0v) is 26.3. The van der Waals surface area contributed by atoms with Gasteiger partial charge in [-0.2, -0.15) is 0 Å². The third-order valence-electron chi connectivity index (χ3n) is 9.69. The summed E-state index contributed by atoms with van der Waals surface area (Å²) in [6, 6.07) is 53.7. The minimum absolute atomic E-state index is 0.177. The Balaban J connectivity index is 1.22. The highest BCUT2D eigenvalue weighted by Gasteiger charge is 2.37. The molecule has 0 unspecified atom stereocenters. The topological polar surface area (TPSA) is 38.7 Å². The van der Waals surface area contributed by atoms with E-state index in [4.69, 9.17) is 15.0 Å². The van der Waals surface area contributed by atoms with Crippen LogP contribution in [0.2, 0.25) is 0 Å². The van der Waals surface area contributed by atoms with Crippen molar-refractivity contribution in [3.05, 3.63) is 163 Å². The number of rotatable bonds is 4. The molecule has 8 aromatic rings. The largest absolute Gasteiger partial charge is 0.208 e. The van der Waals surface area contributed by atoms with Gasteiger partial charge in [-0.3, -0.25) is 0 Å². The molecule has 9 rings (SSSR count). The molecule has 1 aliphatic carbocycles. The summed E-state index contributed by atoms with van der Waals surface area (Å²) in [4.78, 5) is 14.9. The molecule has 1 aliphatic rings. The molecular formula is C44H31N3. The van der Waals surface area contributed by atoms with Gasteiger partial charge in [0.2, 0.25) is 0 Å². The van der Waals surface area contributed by atoms with Crippen LogP contribution in [0.25, 0.3) is 78.0 Å². The third kappa shape index (κ3) is 4.46. The van der Waals surface area contributed by atoms with Crippen molar-refractivity contribution < 1.29 is 0 Å². The van der Waals surface area contributed by atoms with Crippen LogP contribution in [0.1, 0.15) is 25.0 Å². The highest BCUT2D eigenvalue weighted by atomic mass is 15.0. The maximum Gasteiger partial charge on any atom is 0.164 e. The lowest BCUT2D eigenvalue weighted by molar-refractivity contribution is 0.666. The molecule has 0 radical (unpaired) electrons. The average Bonchev–Trinajstić information content (AvgIpc) is 3.37. The van der Waals surface area contributed by atoms with Crippen LogP contribution in [0.3, 0.4) is 0 Å². The van der Waals surface area contributed by atoms with Crippen molar-refractivity contribution >= 4 is 21.5 Å². The smallest absolute Gasteiger partial charge is 0.164 e. The Morgan fingerprint density at radius 1 is 0.383 bits per heavy atom. The van der Waals surface area contributed by atoms with E-state index in [0.29, 0.717) is 17.5 Å². The predicted octanol–water partition coefficient (Wildman–Crippen LogP) is 11.2. The third-order valence-corrected chi connectivity index (χ3v) is 9.69. The van der Waals surface area contributed by atoms with Gasteiger partial charge in [-0.1, -0.05) is 153 Å². The van der Waals surface area contributed by atoms with Crippen molar-refractivity contribution in [1.82, 2.24) is 15.0 Å². The van der Waals surface area contributed by atoms with Crippen molar-refractivity contribution in [2.24, 2.45) is 0 Å². The second-order valence-corrected chi connectivity index (χ2v) is 12.9. The molecule has 0 bridgehead atoms. The van der Waals surface area contributed by atoms with E-state index in [1.807, 2.05) is 60.7 Å². The Morgan fingerprint density at radius 2 is 0.957 bits per heavy atom. The van der Waals surface area contributed by atoms with Crippen molar-refractivity contribution in [3.8, 4) is 56.4 Å². The van der Waals surface area contributed by atoms with E-state index in [1.54, 1.807) is 0 Å². The summed E-state index contributed by atoms with van der Waals surface area (Å²) in [5.74, 6) is 2.01. The molecule has 0 amide bonds. The molecule has 0 N–H and O–H groups in total. The van der Waals surface area contributed by atoms with Gasteiger partial charge in [0.15, 0.2) is 17.5 Å². The van der Waals surface area contributed by atoms with Crippen molar-refractivity contribution in [2.45, 2.75) is 19.3 Å². The van der Waals surface area contributed by atoms with Crippen molar-refractivity contribution in [3.63, 3.8) is 0 Å². The average molecular weight is 602 g/mol. The van der Waals surface area contributed by atoms with Gasteiger partial charge in [0, 0.05) is 22.1 Å². The molecule has 3 heteroatoms. The number of hydrogen-bond donors (Lipinski definition) is 0. The summed E-state index contributed by atoms with van der Waals surface area (Å²) >= 11 is 0. The first-order chi connectivity index (χ1) is 23.0. The minimum Gasteiger partial charge on any atom is -0.208 e. The van der Waals surface area contributed by atoms with Gasteiger partial charge < -0.3 is 0 Å². The highest BCUT2D eigenvalue weighted by molar-refractivity contribution is 6.01. The zero-order chi connectivity index (χ0) is 31.5. The Hall–Kier alpha value is -5.93. The summed E-state index contributed by atoms with van der Waals surface area (Å²) < 4.78 is 0.